The Morgan fingerprint density at radius 2 is 1.11 bits per heavy atom. The van der Waals surface area contributed by atoms with Gasteiger partial charge in [0.05, 0.1) is 47.6 Å². The van der Waals surface area contributed by atoms with Crippen molar-refractivity contribution in [2.45, 2.75) is 45.9 Å². The zero-order valence-corrected chi connectivity index (χ0v) is 32.3. The highest BCUT2D eigenvalue weighted by Gasteiger charge is 2.25. The normalized spacial score (nSPS) is 15.5. The standard InChI is InChI=1S/C39H44Cl2N2O9.ClH/c1-5-7-26-34-28(23(3)30(38(45)51-34)19-42-9-13-47-14-10-42)17-32(40)36(26)49-21-25(44)22-50-37-27(8-6-2)35-29(18-33(37)41)24(4)31(39(46)52-35)20-43-11-15-48-16-12-43;/h5-6,17-18,25,44H,1-2,7-16,19-22H2,3-4H3;1H. The number of benzene rings is 2. The molecule has 2 aromatic carbocycles. The molecule has 2 aliphatic rings. The second-order valence-electron chi connectivity index (χ2n) is 13.1. The van der Waals surface area contributed by atoms with Crippen LogP contribution in [0.3, 0.4) is 0 Å². The van der Waals surface area contributed by atoms with Gasteiger partial charge in [-0.15, -0.1) is 25.6 Å². The molecule has 0 spiro atoms. The van der Waals surface area contributed by atoms with Crippen LogP contribution in [-0.2, 0) is 35.4 Å². The summed E-state index contributed by atoms with van der Waals surface area (Å²) in [7, 11) is 0. The topological polar surface area (TPSA) is 124 Å². The molecule has 2 saturated heterocycles. The number of hydrogen-bond acceptors (Lipinski definition) is 11. The number of morpholine rings is 2. The van der Waals surface area contributed by atoms with Gasteiger partial charge in [-0.2, -0.15) is 0 Å². The Morgan fingerprint density at radius 1 is 0.736 bits per heavy atom. The van der Waals surface area contributed by atoms with Crippen molar-refractivity contribution in [3.63, 3.8) is 0 Å². The van der Waals surface area contributed by atoms with Crippen molar-refractivity contribution in [2.24, 2.45) is 0 Å². The molecular formula is C39H45Cl3N2O9. The fraction of sp³-hybridized carbons (Fsp3) is 0.436. The number of allylic oxidation sites excluding steroid dienone is 2. The molecule has 2 aromatic heterocycles. The molecule has 0 amide bonds. The highest BCUT2D eigenvalue weighted by molar-refractivity contribution is 6.33. The Bertz CT molecular complexity index is 1940. The van der Waals surface area contributed by atoms with Gasteiger partial charge in [-0.1, -0.05) is 35.4 Å². The van der Waals surface area contributed by atoms with Crippen molar-refractivity contribution >= 4 is 57.5 Å². The molecule has 11 nitrogen and oxygen atoms in total. The lowest BCUT2D eigenvalue weighted by atomic mass is 10.0. The summed E-state index contributed by atoms with van der Waals surface area (Å²) in [6.45, 7) is 17.4. The molecule has 14 heteroatoms. The monoisotopic (exact) mass is 790 g/mol. The lowest BCUT2D eigenvalue weighted by Gasteiger charge is -2.27. The average molecular weight is 792 g/mol. The minimum absolute atomic E-state index is 0. The third kappa shape index (κ3) is 8.95. The first-order valence-electron chi connectivity index (χ1n) is 17.4. The van der Waals surface area contributed by atoms with Crippen molar-refractivity contribution < 1.29 is 32.9 Å². The summed E-state index contributed by atoms with van der Waals surface area (Å²) in [6.07, 6.45) is 2.83. The first-order chi connectivity index (χ1) is 25.1. The van der Waals surface area contributed by atoms with Crippen LogP contribution < -0.4 is 20.7 Å². The number of aryl methyl sites for hydroxylation is 2. The van der Waals surface area contributed by atoms with Crippen molar-refractivity contribution in [2.75, 3.05) is 65.8 Å². The van der Waals surface area contributed by atoms with Crippen LogP contribution >= 0.6 is 35.6 Å². The number of aliphatic hydroxyl groups excluding tert-OH is 1. The maximum Gasteiger partial charge on any atom is 0.341 e. The highest BCUT2D eigenvalue weighted by Crippen LogP contribution is 2.39. The molecule has 53 heavy (non-hydrogen) atoms. The van der Waals surface area contributed by atoms with Crippen LogP contribution in [-0.4, -0.2) is 86.8 Å². The van der Waals surface area contributed by atoms with Gasteiger partial charge in [0.1, 0.15) is 42.0 Å². The van der Waals surface area contributed by atoms with Crippen molar-refractivity contribution in [1.82, 2.24) is 9.80 Å². The molecule has 0 bridgehead atoms. The fourth-order valence-corrected chi connectivity index (χ4v) is 7.33. The number of hydrogen-bond donors (Lipinski definition) is 1. The number of rotatable bonds is 14. The minimum atomic E-state index is -1.12. The number of fused-ring (bicyclic) bond motifs is 2. The van der Waals surface area contributed by atoms with Crippen LogP contribution in [0.1, 0.15) is 33.4 Å². The summed E-state index contributed by atoms with van der Waals surface area (Å²) >= 11 is 13.6. The van der Waals surface area contributed by atoms with Crippen LogP contribution in [0.15, 0.2) is 55.9 Å². The van der Waals surface area contributed by atoms with Crippen LogP contribution in [0.25, 0.3) is 21.9 Å². The van der Waals surface area contributed by atoms with Gasteiger partial charge >= 0.3 is 11.3 Å². The summed E-state index contributed by atoms with van der Waals surface area (Å²) in [6, 6.07) is 3.45. The van der Waals surface area contributed by atoms with Gasteiger partial charge in [-0.05, 0) is 49.9 Å². The molecule has 0 aliphatic carbocycles. The summed E-state index contributed by atoms with van der Waals surface area (Å²) in [4.78, 5) is 30.8. The summed E-state index contributed by atoms with van der Waals surface area (Å²) in [5.74, 6) is 0.552. The summed E-state index contributed by atoms with van der Waals surface area (Å²) < 4.78 is 34.9. The van der Waals surface area contributed by atoms with E-state index in [0.717, 1.165) is 37.3 Å². The molecular weight excluding hydrogens is 747 g/mol. The number of aliphatic hydroxyl groups is 1. The van der Waals surface area contributed by atoms with Crippen LogP contribution in [0.2, 0.25) is 10.0 Å². The van der Waals surface area contributed by atoms with Gasteiger partial charge < -0.3 is 32.9 Å². The van der Waals surface area contributed by atoms with Crippen LogP contribution in [0.4, 0.5) is 0 Å². The van der Waals surface area contributed by atoms with E-state index in [1.54, 1.807) is 24.3 Å². The largest absolute Gasteiger partial charge is 0.489 e. The van der Waals surface area contributed by atoms with Gasteiger partial charge in [0, 0.05) is 61.2 Å². The zero-order valence-electron chi connectivity index (χ0n) is 30.0. The van der Waals surface area contributed by atoms with E-state index >= 15 is 0 Å². The lowest BCUT2D eigenvalue weighted by Crippen LogP contribution is -2.37. The van der Waals surface area contributed by atoms with Gasteiger partial charge in [0.2, 0.25) is 0 Å². The first-order valence-corrected chi connectivity index (χ1v) is 18.2. The Kier molecular flexibility index (Phi) is 14.1. The molecule has 0 unspecified atom stereocenters. The van der Waals surface area contributed by atoms with E-state index < -0.39 is 17.4 Å². The second kappa shape index (κ2) is 18.3. The first kappa shape index (κ1) is 40.8. The maximum absolute atomic E-state index is 13.3. The number of nitrogens with zero attached hydrogens (tertiary/aromatic N) is 2. The Balaban J connectivity index is 0.00000541. The molecule has 0 radical (unpaired) electrons. The predicted octanol–water partition coefficient (Wildman–Crippen LogP) is 6.18. The Morgan fingerprint density at radius 3 is 1.47 bits per heavy atom. The van der Waals surface area contributed by atoms with Crippen molar-refractivity contribution in [3.8, 4) is 11.5 Å². The molecule has 0 atom stereocenters. The van der Waals surface area contributed by atoms with Crippen molar-refractivity contribution in [1.29, 1.82) is 0 Å². The molecule has 1 N–H and O–H groups in total. The Labute approximate surface area is 324 Å². The van der Waals surface area contributed by atoms with E-state index in [-0.39, 0.29) is 37.1 Å². The molecule has 2 aliphatic heterocycles. The average Bonchev–Trinajstić information content (AvgIpc) is 3.13. The fourth-order valence-electron chi connectivity index (χ4n) is 6.78. The molecule has 4 heterocycles. The maximum atomic E-state index is 13.3. The lowest BCUT2D eigenvalue weighted by molar-refractivity contribution is 0.0336. The molecule has 2 fully saturated rings. The second-order valence-corrected chi connectivity index (χ2v) is 13.9. The van der Waals surface area contributed by atoms with Crippen LogP contribution in [0, 0.1) is 13.8 Å². The van der Waals surface area contributed by atoms with E-state index in [9.17, 15) is 14.7 Å². The summed E-state index contributed by atoms with van der Waals surface area (Å²) in [5, 5.41) is 13.0. The van der Waals surface area contributed by atoms with Gasteiger partial charge in [-0.25, -0.2) is 9.59 Å². The van der Waals surface area contributed by atoms with E-state index in [1.165, 1.54) is 0 Å². The van der Waals surface area contributed by atoms with E-state index in [2.05, 4.69) is 23.0 Å². The third-order valence-electron chi connectivity index (χ3n) is 9.67. The summed E-state index contributed by atoms with van der Waals surface area (Å²) in [5.41, 5.74) is 3.68. The SMILES string of the molecule is C=CCc1c(OCC(O)COc2c(Cl)cc3c(C)c(CN4CCOCC4)c(=O)oc3c2CC=C)c(Cl)cc2c(C)c(CN3CCOCC3)c(=O)oc12.Cl. The smallest absolute Gasteiger partial charge is 0.341 e. The van der Waals surface area contributed by atoms with Gasteiger partial charge in [0.25, 0.3) is 0 Å². The van der Waals surface area contributed by atoms with Gasteiger partial charge in [-0.3, -0.25) is 9.80 Å². The zero-order chi connectivity index (χ0) is 36.9. The predicted molar refractivity (Wildman–Crippen MR) is 209 cm³/mol. The van der Waals surface area contributed by atoms with Gasteiger partial charge in [0.15, 0.2) is 0 Å². The van der Waals surface area contributed by atoms with E-state index in [4.69, 9.17) is 51.0 Å². The number of ether oxygens (including phenoxy) is 4. The third-order valence-corrected chi connectivity index (χ3v) is 10.2. The molecule has 6 rings (SSSR count). The van der Waals surface area contributed by atoms with Crippen LogP contribution in [0.5, 0.6) is 11.5 Å². The minimum Gasteiger partial charge on any atom is -0.489 e. The number of halogens is 3. The molecule has 4 aromatic rings. The Hall–Kier alpha value is -3.39. The van der Waals surface area contributed by atoms with E-state index in [0.29, 0.717) is 107 Å². The highest BCUT2D eigenvalue weighted by atomic mass is 35.5. The molecule has 0 saturated carbocycles. The molecule has 286 valence electrons. The quantitative estimate of drug-likeness (QED) is 0.116. The van der Waals surface area contributed by atoms with E-state index in [1.807, 2.05) is 13.8 Å². The van der Waals surface area contributed by atoms with Crippen molar-refractivity contribution in [3.05, 3.63) is 102 Å².